The second-order valence-corrected chi connectivity index (χ2v) is 21.1. The van der Waals surface area contributed by atoms with E-state index in [1.54, 1.807) is 83.1 Å². The predicted octanol–water partition coefficient (Wildman–Crippen LogP) is 8.56. The molecule has 0 radical (unpaired) electrons. The van der Waals surface area contributed by atoms with Gasteiger partial charge >= 0.3 is 17.6 Å². The molecule has 0 bridgehead atoms. The van der Waals surface area contributed by atoms with Crippen LogP contribution in [0, 0.1) is 0 Å². The molecule has 21 heteroatoms. The molecule has 0 spiro atoms. The fourth-order valence-electron chi connectivity index (χ4n) is 7.50. The first-order chi connectivity index (χ1) is 30.0. The summed E-state index contributed by atoms with van der Waals surface area (Å²) in [4.78, 5) is 17.2. The number of hydrogen-bond donors (Lipinski definition) is 0. The van der Waals surface area contributed by atoms with Gasteiger partial charge in [-0.3, -0.25) is 4.79 Å². The lowest BCUT2D eigenvalue weighted by atomic mass is 9.82. The minimum Gasteiger partial charge on any atom is -0.356 e. The lowest BCUT2D eigenvalue weighted by Crippen LogP contribution is -2.70. The third kappa shape index (κ3) is 18.7. The Hall–Kier alpha value is -0.616. The quantitative estimate of drug-likeness (QED) is 0.0420. The van der Waals surface area contributed by atoms with Crippen molar-refractivity contribution in [3.8, 4) is 0 Å². The minimum atomic E-state index is -4.73. The molecule has 384 valence electrons. The Morgan fingerprint density at radius 3 is 0.641 bits per heavy atom. The summed E-state index contributed by atoms with van der Waals surface area (Å²) in [5, 5.41) is -3.29. The van der Waals surface area contributed by atoms with E-state index < -0.39 is 103 Å². The monoisotopic (exact) mass is 967 g/mol. The molecule has 0 aliphatic heterocycles. The molecular formula is C43H90O19Si2. The van der Waals surface area contributed by atoms with Gasteiger partial charge in [0, 0.05) is 42.7 Å². The summed E-state index contributed by atoms with van der Waals surface area (Å²) in [5.41, 5.74) is 0. The Labute approximate surface area is 388 Å². The summed E-state index contributed by atoms with van der Waals surface area (Å²) < 4.78 is 113. The summed E-state index contributed by atoms with van der Waals surface area (Å²) in [6.07, 6.45) is -9.22. The van der Waals surface area contributed by atoms with Gasteiger partial charge in [0.2, 0.25) is 0 Å². The van der Waals surface area contributed by atoms with Gasteiger partial charge in [-0.05, 0) is 109 Å². The number of carbonyl (C=O) groups is 1. The van der Waals surface area contributed by atoms with Crippen molar-refractivity contribution in [2.75, 3.05) is 42.7 Å². The van der Waals surface area contributed by atoms with E-state index in [0.717, 1.165) is 0 Å². The molecule has 0 aromatic rings. The predicted molar refractivity (Wildman–Crippen MR) is 241 cm³/mol. The fourth-order valence-corrected chi connectivity index (χ4v) is 15.3. The summed E-state index contributed by atoms with van der Waals surface area (Å²) in [5.74, 6) is -0.371. The number of ether oxygens (including phenoxy) is 12. The summed E-state index contributed by atoms with van der Waals surface area (Å²) in [6.45, 7) is 28.1. The van der Waals surface area contributed by atoms with E-state index in [9.17, 15) is 0 Å². The van der Waals surface area contributed by atoms with Crippen LogP contribution in [0.3, 0.4) is 0 Å². The van der Waals surface area contributed by atoms with Gasteiger partial charge < -0.3 is 83.4 Å². The van der Waals surface area contributed by atoms with E-state index in [-0.39, 0.29) is 31.5 Å². The highest BCUT2D eigenvalue weighted by atomic mass is 28.4. The molecule has 0 heterocycles. The van der Waals surface area contributed by atoms with Crippen molar-refractivity contribution < 1.29 is 88.2 Å². The first kappa shape index (κ1) is 63.4. The minimum absolute atomic E-state index is 0.125. The molecule has 64 heavy (non-hydrogen) atoms. The lowest BCUT2D eigenvalue weighted by Gasteiger charge is -2.53. The van der Waals surface area contributed by atoms with Crippen LogP contribution in [0.5, 0.6) is 0 Å². The number of methoxy groups -OCH3 is 6. The van der Waals surface area contributed by atoms with E-state index in [2.05, 4.69) is 0 Å². The molecule has 0 aliphatic rings. The summed E-state index contributed by atoms with van der Waals surface area (Å²) in [7, 11) is -0.399. The second kappa shape index (κ2) is 31.5. The molecule has 0 amide bonds. The van der Waals surface area contributed by atoms with Crippen molar-refractivity contribution in [1.29, 1.82) is 0 Å². The van der Waals surface area contributed by atoms with Gasteiger partial charge in [0.25, 0.3) is 0 Å². The van der Waals surface area contributed by atoms with Crippen LogP contribution in [-0.4, -0.2) is 142 Å². The molecule has 0 saturated heterocycles. The molecule has 0 aliphatic carbocycles. The number of Topliss-reactive ketones (excluding diaryl/α,β-unsaturated/α-hetero) is 1. The van der Waals surface area contributed by atoms with Gasteiger partial charge in [-0.2, -0.15) is 0 Å². The van der Waals surface area contributed by atoms with Gasteiger partial charge in [-0.1, -0.05) is 40.5 Å². The third-order valence-corrected chi connectivity index (χ3v) is 18.7. The van der Waals surface area contributed by atoms with E-state index in [0.29, 0.717) is 12.8 Å². The molecule has 0 aromatic heterocycles. The Kier molecular flexibility index (Phi) is 31.2. The van der Waals surface area contributed by atoms with Crippen LogP contribution in [0.25, 0.3) is 0 Å². The van der Waals surface area contributed by atoms with Gasteiger partial charge in [0.1, 0.15) is 0 Å². The SMILES string of the molecule is CCCC(CC)(C(=O)C(CC)(CCC)[Si](OC(C)OC(C)OC)(OC(C)OC(C)OC)OC(C)OC(C)OC)[Si](OC(C)OC(C)OC)(OC(C)OC(C)OC)OC(C)OC(C)OC. The highest BCUT2D eigenvalue weighted by Gasteiger charge is 2.76. The third-order valence-electron chi connectivity index (χ3n) is 10.8. The van der Waals surface area contributed by atoms with E-state index in [1.807, 2.05) is 27.7 Å². The van der Waals surface area contributed by atoms with Gasteiger partial charge in [0.15, 0.2) is 81.3 Å². The molecule has 0 rings (SSSR count). The van der Waals surface area contributed by atoms with Crippen LogP contribution >= 0.6 is 0 Å². The molecule has 0 aromatic carbocycles. The van der Waals surface area contributed by atoms with Crippen LogP contribution in [0.4, 0.5) is 0 Å². The summed E-state index contributed by atoms with van der Waals surface area (Å²) in [6, 6.07) is 0. The average Bonchev–Trinajstić information content (AvgIpc) is 3.23. The highest BCUT2D eigenvalue weighted by molar-refractivity contribution is 6.75. The standard InChI is InChI=1S/C43H90O19Si2/c1-23-27-42(25-3,63(57-35(11)51-29(5)45-17,58-36(12)52-30(6)46-18)59-37(13)53-31(7)47-19)41(44)43(26-4,28-24-2)64(60-38(14)54-32(8)48-20,61-39(15)55-33(9)49-21)62-40(16)56-34(10)50-22/h29-40H,23-28H2,1-22H3. The van der Waals surface area contributed by atoms with Crippen molar-refractivity contribution in [2.24, 2.45) is 0 Å². The zero-order chi connectivity index (χ0) is 49.5. The van der Waals surface area contributed by atoms with Crippen LogP contribution in [0.15, 0.2) is 0 Å². The van der Waals surface area contributed by atoms with E-state index in [4.69, 9.17) is 83.4 Å². The zero-order valence-electron chi connectivity index (χ0n) is 43.4. The molecule has 0 fully saturated rings. The maximum atomic E-state index is 17.2. The first-order valence-electron chi connectivity index (χ1n) is 22.7. The molecule has 0 saturated carbocycles. The van der Waals surface area contributed by atoms with Crippen molar-refractivity contribution in [3.05, 3.63) is 0 Å². The van der Waals surface area contributed by atoms with Crippen LogP contribution in [0.2, 0.25) is 10.1 Å². The first-order valence-corrected chi connectivity index (χ1v) is 26.2. The fraction of sp³-hybridized carbons (Fsp3) is 0.977. The molecule has 19 nitrogen and oxygen atoms in total. The normalized spacial score (nSPS) is 22.0. The topological polar surface area (TPSA) is 183 Å². The molecule has 14 atom stereocenters. The number of rotatable bonds is 40. The maximum absolute atomic E-state index is 17.2. The van der Waals surface area contributed by atoms with Gasteiger partial charge in [-0.25, -0.2) is 0 Å². The molecular weight excluding hydrogens is 877 g/mol. The smallest absolute Gasteiger partial charge is 0.356 e. The molecule has 0 N–H and O–H groups in total. The number of hydrogen-bond acceptors (Lipinski definition) is 19. The van der Waals surface area contributed by atoms with Crippen molar-refractivity contribution in [1.82, 2.24) is 0 Å². The zero-order valence-corrected chi connectivity index (χ0v) is 45.4. The Morgan fingerprint density at radius 2 is 0.516 bits per heavy atom. The lowest BCUT2D eigenvalue weighted by molar-refractivity contribution is -0.256. The van der Waals surface area contributed by atoms with Crippen molar-refractivity contribution in [2.45, 2.75) is 235 Å². The van der Waals surface area contributed by atoms with Crippen LogP contribution in [0.1, 0.15) is 149 Å². The number of ketones is 1. The van der Waals surface area contributed by atoms with Crippen LogP contribution < -0.4 is 0 Å². The van der Waals surface area contributed by atoms with Gasteiger partial charge in [-0.15, -0.1) is 0 Å². The average molecular weight is 967 g/mol. The van der Waals surface area contributed by atoms with Crippen molar-refractivity contribution >= 4 is 23.4 Å². The number of carbonyl (C=O) groups excluding carboxylic acids is 1. The largest absolute Gasteiger partial charge is 0.521 e. The van der Waals surface area contributed by atoms with E-state index in [1.165, 1.54) is 42.7 Å². The maximum Gasteiger partial charge on any atom is 0.521 e. The van der Waals surface area contributed by atoms with Crippen LogP contribution in [-0.2, 0) is 88.2 Å². The van der Waals surface area contributed by atoms with Crippen molar-refractivity contribution in [3.63, 3.8) is 0 Å². The highest BCUT2D eigenvalue weighted by Crippen LogP contribution is 2.61. The Bertz CT molecular complexity index is 1040. The van der Waals surface area contributed by atoms with Gasteiger partial charge in [0.05, 0.1) is 10.1 Å². The summed E-state index contributed by atoms with van der Waals surface area (Å²) >= 11 is 0. The second-order valence-electron chi connectivity index (χ2n) is 15.6. The Balaban J connectivity index is 9.16. The molecule has 14 unspecified atom stereocenters. The Morgan fingerprint density at radius 1 is 0.344 bits per heavy atom. The van der Waals surface area contributed by atoms with E-state index >= 15 is 4.79 Å².